The molecule has 0 saturated heterocycles. The van der Waals surface area contributed by atoms with Crippen LogP contribution in [0.3, 0.4) is 0 Å². The smallest absolute Gasteiger partial charge is 0.314 e. The number of benzene rings is 1. The van der Waals surface area contributed by atoms with Crippen molar-refractivity contribution in [1.29, 1.82) is 0 Å². The van der Waals surface area contributed by atoms with E-state index >= 15 is 0 Å². The summed E-state index contributed by atoms with van der Waals surface area (Å²) in [6.45, 7) is 1.51. The van der Waals surface area contributed by atoms with Gasteiger partial charge in [-0.15, -0.1) is 0 Å². The number of carboxylic acids is 1. The molecule has 1 saturated carbocycles. The number of carbonyl (C=O) groups excluding carboxylic acids is 2. The molecule has 1 fully saturated rings. The number of carbonyl (C=O) groups is 3. The number of nitrogens with one attached hydrogen (secondary N) is 2. The molecule has 0 bridgehead atoms. The molecule has 1 aromatic carbocycles. The molecular weight excluding hydrogens is 274 g/mol. The highest BCUT2D eigenvalue weighted by Crippen LogP contribution is 2.48. The molecule has 2 rings (SSSR count). The van der Waals surface area contributed by atoms with Gasteiger partial charge in [0.05, 0.1) is 5.41 Å². The molecular formula is C14H17N3O4. The Kier molecular flexibility index (Phi) is 3.84. The van der Waals surface area contributed by atoms with Crippen LogP contribution in [0, 0.1) is 0 Å². The zero-order valence-corrected chi connectivity index (χ0v) is 11.6. The van der Waals surface area contributed by atoms with Crippen molar-refractivity contribution in [2.24, 2.45) is 5.73 Å². The number of carboxylic acid groups (broad SMARTS) is 1. The minimum Gasteiger partial charge on any atom is -0.481 e. The number of anilines is 1. The number of nitrogens with two attached hydrogens (primary N) is 1. The zero-order valence-electron chi connectivity index (χ0n) is 11.6. The van der Waals surface area contributed by atoms with E-state index in [4.69, 9.17) is 5.73 Å². The molecule has 1 aliphatic rings. The summed E-state index contributed by atoms with van der Waals surface area (Å²) in [7, 11) is 0. The Labute approximate surface area is 121 Å². The van der Waals surface area contributed by atoms with Gasteiger partial charge in [-0.2, -0.15) is 0 Å². The van der Waals surface area contributed by atoms with Gasteiger partial charge in [0.25, 0.3) is 0 Å². The van der Waals surface area contributed by atoms with E-state index in [0.29, 0.717) is 18.5 Å². The first-order valence-corrected chi connectivity index (χ1v) is 6.56. The van der Waals surface area contributed by atoms with Gasteiger partial charge in [0.1, 0.15) is 6.04 Å². The maximum Gasteiger partial charge on any atom is 0.314 e. The van der Waals surface area contributed by atoms with Crippen molar-refractivity contribution >= 4 is 23.6 Å². The van der Waals surface area contributed by atoms with Gasteiger partial charge in [-0.25, -0.2) is 4.79 Å². The van der Waals surface area contributed by atoms with Crippen molar-refractivity contribution in [3.8, 4) is 0 Å². The van der Waals surface area contributed by atoms with Crippen LogP contribution < -0.4 is 16.4 Å². The first kappa shape index (κ1) is 14.8. The standard InChI is InChI=1S/C14H17N3O4/c1-8(16-13(15)21)11(18)17-10-4-2-9(3-5-10)14(6-7-14)12(19)20/h2-5,8H,6-7H2,1H3,(H,17,18)(H,19,20)(H3,15,16,21). The average Bonchev–Trinajstić information content (AvgIpc) is 3.20. The Morgan fingerprint density at radius 2 is 1.81 bits per heavy atom. The predicted molar refractivity (Wildman–Crippen MR) is 75.8 cm³/mol. The molecule has 21 heavy (non-hydrogen) atoms. The second-order valence-corrected chi connectivity index (χ2v) is 5.18. The lowest BCUT2D eigenvalue weighted by atomic mass is 9.96. The van der Waals surface area contributed by atoms with Crippen LogP contribution in [-0.2, 0) is 15.0 Å². The SMILES string of the molecule is CC(NC(N)=O)C(=O)Nc1ccc(C2(C(=O)O)CC2)cc1. The van der Waals surface area contributed by atoms with E-state index in [0.717, 1.165) is 5.56 Å². The van der Waals surface area contributed by atoms with E-state index in [-0.39, 0.29) is 0 Å². The van der Waals surface area contributed by atoms with Crippen LogP contribution in [-0.4, -0.2) is 29.1 Å². The molecule has 1 aromatic rings. The molecule has 1 atom stereocenters. The van der Waals surface area contributed by atoms with Gasteiger partial charge in [-0.3, -0.25) is 9.59 Å². The lowest BCUT2D eigenvalue weighted by molar-refractivity contribution is -0.140. The molecule has 7 nitrogen and oxygen atoms in total. The van der Waals surface area contributed by atoms with E-state index in [1.54, 1.807) is 24.3 Å². The molecule has 0 aromatic heterocycles. The summed E-state index contributed by atoms with van der Waals surface area (Å²) in [5.41, 5.74) is 5.44. The zero-order chi connectivity index (χ0) is 15.6. The summed E-state index contributed by atoms with van der Waals surface area (Å²) >= 11 is 0. The maximum absolute atomic E-state index is 11.8. The van der Waals surface area contributed by atoms with Crippen LogP contribution in [0.4, 0.5) is 10.5 Å². The van der Waals surface area contributed by atoms with Crippen molar-refractivity contribution in [3.05, 3.63) is 29.8 Å². The molecule has 0 spiro atoms. The first-order valence-electron chi connectivity index (χ1n) is 6.56. The van der Waals surface area contributed by atoms with Gasteiger partial charge >= 0.3 is 12.0 Å². The van der Waals surface area contributed by atoms with Crippen molar-refractivity contribution in [3.63, 3.8) is 0 Å². The van der Waals surface area contributed by atoms with Crippen molar-refractivity contribution in [2.75, 3.05) is 5.32 Å². The van der Waals surface area contributed by atoms with Crippen LogP contribution in [0.25, 0.3) is 0 Å². The fourth-order valence-corrected chi connectivity index (χ4v) is 2.15. The average molecular weight is 291 g/mol. The van der Waals surface area contributed by atoms with Crippen LogP contribution in [0.2, 0.25) is 0 Å². The number of rotatable bonds is 5. The highest BCUT2D eigenvalue weighted by Gasteiger charge is 2.51. The topological polar surface area (TPSA) is 122 Å². The minimum absolute atomic E-state index is 0.402. The molecule has 112 valence electrons. The van der Waals surface area contributed by atoms with Gasteiger partial charge in [-0.05, 0) is 37.5 Å². The summed E-state index contributed by atoms with van der Waals surface area (Å²) < 4.78 is 0. The molecule has 0 radical (unpaired) electrons. The summed E-state index contributed by atoms with van der Waals surface area (Å²) in [6.07, 6.45) is 1.27. The van der Waals surface area contributed by atoms with Crippen LogP contribution in [0.1, 0.15) is 25.3 Å². The van der Waals surface area contributed by atoms with Crippen molar-refractivity contribution in [2.45, 2.75) is 31.2 Å². The third kappa shape index (κ3) is 3.13. The lowest BCUT2D eigenvalue weighted by Crippen LogP contribution is -2.44. The summed E-state index contributed by atoms with van der Waals surface area (Å²) in [6, 6.07) is 5.16. The predicted octanol–water partition coefficient (Wildman–Crippen LogP) is 0.798. The Bertz CT molecular complexity index is 578. The van der Waals surface area contributed by atoms with E-state index in [2.05, 4.69) is 10.6 Å². The maximum atomic E-state index is 11.8. The number of urea groups is 1. The molecule has 0 heterocycles. The number of amides is 3. The summed E-state index contributed by atoms with van der Waals surface area (Å²) in [4.78, 5) is 33.7. The Morgan fingerprint density at radius 1 is 1.24 bits per heavy atom. The fraction of sp³-hybridized carbons (Fsp3) is 0.357. The number of hydrogen-bond acceptors (Lipinski definition) is 3. The van der Waals surface area contributed by atoms with Gasteiger partial charge in [-0.1, -0.05) is 12.1 Å². The summed E-state index contributed by atoms with van der Waals surface area (Å²) in [5, 5.41) is 14.1. The van der Waals surface area contributed by atoms with Crippen LogP contribution in [0.5, 0.6) is 0 Å². The lowest BCUT2D eigenvalue weighted by Gasteiger charge is -2.14. The monoisotopic (exact) mass is 291 g/mol. The quantitative estimate of drug-likeness (QED) is 0.641. The Hall–Kier alpha value is -2.57. The normalized spacial score (nSPS) is 16.6. The molecule has 3 amide bonds. The molecule has 1 aliphatic carbocycles. The van der Waals surface area contributed by atoms with E-state index in [9.17, 15) is 19.5 Å². The van der Waals surface area contributed by atoms with Gasteiger partial charge < -0.3 is 21.5 Å². The molecule has 0 aliphatic heterocycles. The van der Waals surface area contributed by atoms with E-state index in [1.807, 2.05) is 0 Å². The Morgan fingerprint density at radius 3 is 2.24 bits per heavy atom. The number of hydrogen-bond donors (Lipinski definition) is 4. The van der Waals surface area contributed by atoms with E-state index < -0.39 is 29.4 Å². The second-order valence-electron chi connectivity index (χ2n) is 5.18. The molecule has 7 heteroatoms. The number of aliphatic carboxylic acids is 1. The van der Waals surface area contributed by atoms with E-state index in [1.165, 1.54) is 6.92 Å². The Balaban J connectivity index is 2.02. The second kappa shape index (κ2) is 5.43. The van der Waals surface area contributed by atoms with Crippen molar-refractivity contribution in [1.82, 2.24) is 5.32 Å². The van der Waals surface area contributed by atoms with Gasteiger partial charge in [0.2, 0.25) is 5.91 Å². The molecule has 1 unspecified atom stereocenters. The fourth-order valence-electron chi connectivity index (χ4n) is 2.15. The van der Waals surface area contributed by atoms with Crippen LogP contribution in [0.15, 0.2) is 24.3 Å². The first-order chi connectivity index (χ1) is 9.85. The molecule has 5 N–H and O–H groups in total. The number of primary amides is 1. The third-order valence-electron chi connectivity index (χ3n) is 3.62. The highest BCUT2D eigenvalue weighted by molar-refractivity contribution is 5.96. The van der Waals surface area contributed by atoms with Crippen molar-refractivity contribution < 1.29 is 19.5 Å². The van der Waals surface area contributed by atoms with Crippen LogP contribution >= 0.6 is 0 Å². The third-order valence-corrected chi connectivity index (χ3v) is 3.62. The highest BCUT2D eigenvalue weighted by atomic mass is 16.4. The van der Waals surface area contributed by atoms with Gasteiger partial charge in [0, 0.05) is 5.69 Å². The largest absolute Gasteiger partial charge is 0.481 e. The minimum atomic E-state index is -0.821. The van der Waals surface area contributed by atoms with Gasteiger partial charge in [0.15, 0.2) is 0 Å². The summed E-state index contributed by atoms with van der Waals surface area (Å²) in [5.74, 6) is -1.22.